The number of ether oxygens (including phenoxy) is 1. The van der Waals surface area contributed by atoms with Crippen LogP contribution in [0, 0.1) is 0 Å². The molecule has 2 heteroatoms. The lowest BCUT2D eigenvalue weighted by molar-refractivity contribution is 0.340. The second-order valence-electron chi connectivity index (χ2n) is 4.35. The van der Waals surface area contributed by atoms with Crippen molar-refractivity contribution in [3.8, 4) is 17.0 Å². The van der Waals surface area contributed by atoms with Crippen LogP contribution in [0.4, 0.5) is 0 Å². The fourth-order valence-electron chi connectivity index (χ4n) is 2.14. The summed E-state index contributed by atoms with van der Waals surface area (Å²) >= 11 is 0. The van der Waals surface area contributed by atoms with E-state index in [0.29, 0.717) is 6.61 Å². The third-order valence-electron chi connectivity index (χ3n) is 3.04. The van der Waals surface area contributed by atoms with Crippen LogP contribution in [0.3, 0.4) is 0 Å². The Balaban J connectivity index is 2.05. The standard InChI is InChI=1S/C17H15NO/c1-2-19-15-8-5-7-14(12-15)17-11-10-13-6-3-4-9-16(13)18-17/h3-12H,2H2,1H3. The molecule has 2 nitrogen and oxygen atoms in total. The van der Waals surface area contributed by atoms with Crippen molar-refractivity contribution in [1.82, 2.24) is 4.98 Å². The van der Waals surface area contributed by atoms with Crippen LogP contribution in [0.1, 0.15) is 6.92 Å². The molecule has 3 aromatic rings. The largest absolute Gasteiger partial charge is 0.494 e. The van der Waals surface area contributed by atoms with Crippen molar-refractivity contribution < 1.29 is 4.74 Å². The first kappa shape index (κ1) is 11.7. The molecule has 0 N–H and O–H groups in total. The Morgan fingerprint density at radius 3 is 2.74 bits per heavy atom. The molecule has 0 aliphatic rings. The maximum atomic E-state index is 5.53. The van der Waals surface area contributed by atoms with E-state index >= 15 is 0 Å². The summed E-state index contributed by atoms with van der Waals surface area (Å²) in [5, 5.41) is 1.16. The number of fused-ring (bicyclic) bond motifs is 1. The van der Waals surface area contributed by atoms with E-state index in [1.54, 1.807) is 0 Å². The van der Waals surface area contributed by atoms with Crippen molar-refractivity contribution in [2.75, 3.05) is 6.61 Å². The van der Waals surface area contributed by atoms with Crippen LogP contribution < -0.4 is 4.74 Å². The SMILES string of the molecule is CCOc1cccc(-c2ccc3ccccc3n2)c1. The predicted octanol–water partition coefficient (Wildman–Crippen LogP) is 4.30. The number of pyridine rings is 1. The van der Waals surface area contributed by atoms with Crippen LogP contribution in [0.25, 0.3) is 22.2 Å². The summed E-state index contributed by atoms with van der Waals surface area (Å²) in [7, 11) is 0. The van der Waals surface area contributed by atoms with Crippen LogP contribution in [0.15, 0.2) is 60.7 Å². The molecule has 0 saturated heterocycles. The van der Waals surface area contributed by atoms with Crippen molar-refractivity contribution in [1.29, 1.82) is 0 Å². The van der Waals surface area contributed by atoms with E-state index in [-0.39, 0.29) is 0 Å². The first-order valence-electron chi connectivity index (χ1n) is 6.46. The number of para-hydroxylation sites is 1. The van der Waals surface area contributed by atoms with Gasteiger partial charge >= 0.3 is 0 Å². The third-order valence-corrected chi connectivity index (χ3v) is 3.04. The summed E-state index contributed by atoms with van der Waals surface area (Å²) in [6, 6.07) is 20.3. The van der Waals surface area contributed by atoms with E-state index in [0.717, 1.165) is 27.9 Å². The Hall–Kier alpha value is -2.35. The highest BCUT2D eigenvalue weighted by molar-refractivity contribution is 5.81. The molecule has 0 aliphatic carbocycles. The summed E-state index contributed by atoms with van der Waals surface area (Å²) < 4.78 is 5.53. The molecular formula is C17H15NO. The highest BCUT2D eigenvalue weighted by Gasteiger charge is 2.02. The average molecular weight is 249 g/mol. The Bertz CT molecular complexity index is 706. The molecule has 0 radical (unpaired) electrons. The highest BCUT2D eigenvalue weighted by atomic mass is 16.5. The highest BCUT2D eigenvalue weighted by Crippen LogP contribution is 2.24. The molecule has 0 atom stereocenters. The summed E-state index contributed by atoms with van der Waals surface area (Å²) in [6.07, 6.45) is 0. The minimum atomic E-state index is 0.675. The van der Waals surface area contributed by atoms with Gasteiger partial charge in [-0.05, 0) is 31.2 Å². The zero-order valence-electron chi connectivity index (χ0n) is 10.8. The molecule has 1 heterocycles. The summed E-state index contributed by atoms with van der Waals surface area (Å²) in [6.45, 7) is 2.66. The fraction of sp³-hybridized carbons (Fsp3) is 0.118. The third kappa shape index (κ3) is 2.43. The van der Waals surface area contributed by atoms with Gasteiger partial charge in [-0.3, -0.25) is 0 Å². The molecule has 0 unspecified atom stereocenters. The lowest BCUT2D eigenvalue weighted by atomic mass is 10.1. The van der Waals surface area contributed by atoms with Gasteiger partial charge in [-0.15, -0.1) is 0 Å². The van der Waals surface area contributed by atoms with E-state index < -0.39 is 0 Å². The lowest BCUT2D eigenvalue weighted by Gasteiger charge is -2.06. The first-order chi connectivity index (χ1) is 9.36. The fourth-order valence-corrected chi connectivity index (χ4v) is 2.14. The van der Waals surface area contributed by atoms with Crippen LogP contribution in [-0.2, 0) is 0 Å². The Labute approximate surface area is 112 Å². The van der Waals surface area contributed by atoms with Gasteiger partial charge in [0.15, 0.2) is 0 Å². The molecule has 19 heavy (non-hydrogen) atoms. The Morgan fingerprint density at radius 1 is 0.947 bits per heavy atom. The van der Waals surface area contributed by atoms with E-state index in [1.165, 1.54) is 0 Å². The molecule has 0 aliphatic heterocycles. The summed E-state index contributed by atoms with van der Waals surface area (Å²) in [5.41, 5.74) is 3.07. The van der Waals surface area contributed by atoms with Crippen molar-refractivity contribution >= 4 is 10.9 Å². The number of hydrogen-bond donors (Lipinski definition) is 0. The van der Waals surface area contributed by atoms with E-state index in [9.17, 15) is 0 Å². The van der Waals surface area contributed by atoms with Gasteiger partial charge in [0.25, 0.3) is 0 Å². The molecule has 1 aromatic heterocycles. The molecule has 0 bridgehead atoms. The number of nitrogens with zero attached hydrogens (tertiary/aromatic N) is 1. The zero-order chi connectivity index (χ0) is 13.1. The Kier molecular flexibility index (Phi) is 3.15. The van der Waals surface area contributed by atoms with Gasteiger partial charge in [0.1, 0.15) is 5.75 Å². The van der Waals surface area contributed by atoms with Gasteiger partial charge in [0, 0.05) is 10.9 Å². The summed E-state index contributed by atoms with van der Waals surface area (Å²) in [5.74, 6) is 0.884. The topological polar surface area (TPSA) is 22.1 Å². The number of rotatable bonds is 3. The number of aromatic nitrogens is 1. The molecule has 0 spiro atoms. The van der Waals surface area contributed by atoms with Crippen LogP contribution >= 0.6 is 0 Å². The minimum Gasteiger partial charge on any atom is -0.494 e. The van der Waals surface area contributed by atoms with E-state index in [1.807, 2.05) is 49.4 Å². The quantitative estimate of drug-likeness (QED) is 0.690. The molecule has 2 aromatic carbocycles. The molecule has 0 amide bonds. The number of hydrogen-bond acceptors (Lipinski definition) is 2. The van der Waals surface area contributed by atoms with E-state index in [2.05, 4.69) is 18.2 Å². The van der Waals surface area contributed by atoms with Gasteiger partial charge in [-0.1, -0.05) is 36.4 Å². The zero-order valence-corrected chi connectivity index (χ0v) is 10.8. The van der Waals surface area contributed by atoms with Gasteiger partial charge in [0.2, 0.25) is 0 Å². The van der Waals surface area contributed by atoms with Crippen LogP contribution in [0.2, 0.25) is 0 Å². The monoisotopic (exact) mass is 249 g/mol. The molecule has 94 valence electrons. The van der Waals surface area contributed by atoms with Crippen LogP contribution in [-0.4, -0.2) is 11.6 Å². The predicted molar refractivity (Wildman–Crippen MR) is 78.3 cm³/mol. The maximum absolute atomic E-state index is 5.53. The van der Waals surface area contributed by atoms with Gasteiger partial charge < -0.3 is 4.74 Å². The normalized spacial score (nSPS) is 10.6. The second kappa shape index (κ2) is 5.11. The second-order valence-corrected chi connectivity index (χ2v) is 4.35. The van der Waals surface area contributed by atoms with Crippen molar-refractivity contribution in [3.63, 3.8) is 0 Å². The minimum absolute atomic E-state index is 0.675. The van der Waals surface area contributed by atoms with Crippen molar-refractivity contribution in [3.05, 3.63) is 60.7 Å². The maximum Gasteiger partial charge on any atom is 0.119 e. The number of benzene rings is 2. The molecule has 3 rings (SSSR count). The van der Waals surface area contributed by atoms with E-state index in [4.69, 9.17) is 9.72 Å². The van der Waals surface area contributed by atoms with Crippen molar-refractivity contribution in [2.24, 2.45) is 0 Å². The van der Waals surface area contributed by atoms with Gasteiger partial charge in [-0.25, -0.2) is 4.98 Å². The van der Waals surface area contributed by atoms with Crippen molar-refractivity contribution in [2.45, 2.75) is 6.92 Å². The van der Waals surface area contributed by atoms with Crippen LogP contribution in [0.5, 0.6) is 5.75 Å². The molecule has 0 fully saturated rings. The lowest BCUT2D eigenvalue weighted by Crippen LogP contribution is -1.92. The first-order valence-corrected chi connectivity index (χ1v) is 6.46. The average Bonchev–Trinajstić information content (AvgIpc) is 2.47. The Morgan fingerprint density at radius 2 is 1.84 bits per heavy atom. The smallest absolute Gasteiger partial charge is 0.119 e. The molecule has 0 saturated carbocycles. The van der Waals surface area contributed by atoms with Gasteiger partial charge in [0.05, 0.1) is 17.8 Å². The summed E-state index contributed by atoms with van der Waals surface area (Å²) in [4.78, 5) is 4.69. The van der Waals surface area contributed by atoms with Gasteiger partial charge in [-0.2, -0.15) is 0 Å². The molecular weight excluding hydrogens is 234 g/mol.